The molecule has 36 heavy (non-hydrogen) atoms. The lowest BCUT2D eigenvalue weighted by atomic mass is 10.1. The van der Waals surface area contributed by atoms with Crippen LogP contribution in [0.2, 0.25) is 0 Å². The summed E-state index contributed by atoms with van der Waals surface area (Å²) < 4.78 is 11.2. The number of anilines is 2. The second-order valence-electron chi connectivity index (χ2n) is 9.91. The van der Waals surface area contributed by atoms with Gasteiger partial charge in [-0.1, -0.05) is 26.0 Å². The first-order valence-electron chi connectivity index (χ1n) is 12.4. The number of amides is 1. The summed E-state index contributed by atoms with van der Waals surface area (Å²) >= 11 is 1.74. The molecule has 4 rings (SSSR count). The molecule has 2 aliphatic heterocycles. The molecule has 0 radical (unpaired) electrons. The van der Waals surface area contributed by atoms with Crippen molar-refractivity contribution in [2.45, 2.75) is 33.7 Å². The SMILES string of the molecule is CCOC(=O)C(NC(=O)OC[N+]1(C)CCN(C2=Nc3ccccc3Nc3sc(C)cc32)CC1)C(C)C. The average Bonchev–Trinajstić information content (AvgIpc) is 3.13. The van der Waals surface area contributed by atoms with Crippen molar-refractivity contribution >= 4 is 45.6 Å². The Morgan fingerprint density at radius 1 is 1.22 bits per heavy atom. The molecule has 0 saturated carbocycles. The number of esters is 1. The van der Waals surface area contributed by atoms with Gasteiger partial charge in [-0.2, -0.15) is 0 Å². The molecule has 1 aromatic carbocycles. The van der Waals surface area contributed by atoms with Gasteiger partial charge in [0.1, 0.15) is 16.9 Å². The van der Waals surface area contributed by atoms with E-state index in [4.69, 9.17) is 14.5 Å². The monoisotopic (exact) mass is 514 g/mol. The molecule has 1 unspecified atom stereocenters. The number of quaternary nitrogens is 1. The number of piperazine rings is 1. The molecule has 2 aliphatic rings. The Labute approximate surface area is 216 Å². The van der Waals surface area contributed by atoms with Gasteiger partial charge in [0.2, 0.25) is 6.73 Å². The fourth-order valence-electron chi connectivity index (χ4n) is 4.39. The van der Waals surface area contributed by atoms with E-state index in [1.165, 1.54) is 4.88 Å². The number of carbonyl (C=O) groups excluding carboxylic acids is 2. The quantitative estimate of drug-likeness (QED) is 0.443. The van der Waals surface area contributed by atoms with Crippen molar-refractivity contribution < 1.29 is 23.5 Å². The number of aliphatic imine (C=N–C) groups is 1. The van der Waals surface area contributed by atoms with E-state index in [0.717, 1.165) is 54.0 Å². The van der Waals surface area contributed by atoms with E-state index >= 15 is 0 Å². The Bertz CT molecular complexity index is 1140. The van der Waals surface area contributed by atoms with E-state index in [0.29, 0.717) is 4.48 Å². The molecule has 10 heteroatoms. The van der Waals surface area contributed by atoms with Crippen molar-refractivity contribution in [2.75, 3.05) is 51.9 Å². The fourth-order valence-corrected chi connectivity index (χ4v) is 5.31. The molecule has 3 heterocycles. The minimum Gasteiger partial charge on any atom is -0.464 e. The number of amidine groups is 1. The van der Waals surface area contributed by atoms with Crippen LogP contribution in [0, 0.1) is 12.8 Å². The number of nitrogens with zero attached hydrogens (tertiary/aromatic N) is 3. The number of alkyl carbamates (subject to hydrolysis) is 1. The van der Waals surface area contributed by atoms with Crippen LogP contribution in [0.5, 0.6) is 0 Å². The van der Waals surface area contributed by atoms with E-state index in [1.54, 1.807) is 18.3 Å². The lowest BCUT2D eigenvalue weighted by Crippen LogP contribution is -2.59. The number of hydrogen-bond donors (Lipinski definition) is 2. The average molecular weight is 515 g/mol. The molecule has 1 saturated heterocycles. The molecule has 194 valence electrons. The highest BCUT2D eigenvalue weighted by atomic mass is 32.1. The maximum absolute atomic E-state index is 12.5. The molecule has 9 nitrogen and oxygen atoms in total. The number of hydrogen-bond acceptors (Lipinski definition) is 8. The van der Waals surface area contributed by atoms with Gasteiger partial charge in [0, 0.05) is 4.88 Å². The normalized spacial score (nSPS) is 17.2. The Morgan fingerprint density at radius 2 is 1.94 bits per heavy atom. The number of ether oxygens (including phenoxy) is 2. The smallest absolute Gasteiger partial charge is 0.412 e. The van der Waals surface area contributed by atoms with Gasteiger partial charge < -0.3 is 25.0 Å². The van der Waals surface area contributed by atoms with Gasteiger partial charge in [0.25, 0.3) is 0 Å². The largest absolute Gasteiger partial charge is 0.464 e. The summed E-state index contributed by atoms with van der Waals surface area (Å²) in [6.45, 7) is 11.2. The van der Waals surface area contributed by atoms with Crippen molar-refractivity contribution in [1.29, 1.82) is 0 Å². The van der Waals surface area contributed by atoms with Gasteiger partial charge in [-0.3, -0.25) is 4.48 Å². The first-order valence-corrected chi connectivity index (χ1v) is 13.2. The summed E-state index contributed by atoms with van der Waals surface area (Å²) in [7, 11) is 2.09. The molecule has 0 spiro atoms. The van der Waals surface area contributed by atoms with Crippen LogP contribution in [-0.2, 0) is 14.3 Å². The zero-order chi connectivity index (χ0) is 25.9. The number of fused-ring (bicyclic) bond motifs is 2. The van der Waals surface area contributed by atoms with Crippen molar-refractivity contribution in [1.82, 2.24) is 10.2 Å². The molecule has 0 bridgehead atoms. The summed E-state index contributed by atoms with van der Waals surface area (Å²) in [4.78, 5) is 33.2. The number of nitrogens with one attached hydrogen (secondary N) is 2. The zero-order valence-electron chi connectivity index (χ0n) is 21.7. The summed E-state index contributed by atoms with van der Waals surface area (Å²) in [6.07, 6.45) is -0.599. The van der Waals surface area contributed by atoms with E-state index in [-0.39, 0.29) is 19.3 Å². The summed E-state index contributed by atoms with van der Waals surface area (Å²) in [6, 6.07) is 9.57. The van der Waals surface area contributed by atoms with Gasteiger partial charge in [-0.15, -0.1) is 11.3 Å². The minimum absolute atomic E-state index is 0.101. The molecule has 1 fully saturated rings. The Kier molecular flexibility index (Phi) is 7.85. The third kappa shape index (κ3) is 5.82. The number of para-hydroxylation sites is 2. The van der Waals surface area contributed by atoms with Gasteiger partial charge >= 0.3 is 12.1 Å². The van der Waals surface area contributed by atoms with Crippen LogP contribution in [0.15, 0.2) is 35.3 Å². The van der Waals surface area contributed by atoms with Crippen LogP contribution < -0.4 is 10.6 Å². The van der Waals surface area contributed by atoms with Gasteiger partial charge in [0.05, 0.1) is 56.8 Å². The maximum Gasteiger partial charge on any atom is 0.412 e. The molecule has 0 aliphatic carbocycles. The molecule has 1 amide bonds. The molecule has 1 aromatic heterocycles. The molecule has 2 N–H and O–H groups in total. The molecule has 2 aromatic rings. The standard InChI is InChI=1S/C26H35N5O4S/c1-6-34-25(32)22(17(2)3)29-26(33)35-16-31(5)13-11-30(12-14-31)23-19-15-18(4)36-24(19)28-21-10-8-7-9-20(21)27-23/h7-10,15,17,22H,6,11-14,16H2,1-5H3,(H-,27,28,29,33)/p+1. The predicted molar refractivity (Wildman–Crippen MR) is 142 cm³/mol. The van der Waals surface area contributed by atoms with Crippen molar-refractivity contribution in [2.24, 2.45) is 10.9 Å². The third-order valence-electron chi connectivity index (χ3n) is 6.58. The summed E-state index contributed by atoms with van der Waals surface area (Å²) in [5, 5.41) is 7.34. The number of benzene rings is 1. The number of likely N-dealkylation sites (N-methyl/N-ethyl adjacent to an activating group) is 1. The highest BCUT2D eigenvalue weighted by Gasteiger charge is 2.34. The maximum atomic E-state index is 12.5. The van der Waals surface area contributed by atoms with Gasteiger partial charge in [-0.05, 0) is 38.0 Å². The number of aryl methyl sites for hydroxylation is 1. The Morgan fingerprint density at radius 3 is 2.64 bits per heavy atom. The highest BCUT2D eigenvalue weighted by molar-refractivity contribution is 7.16. The Hall–Kier alpha value is -3.11. The van der Waals surface area contributed by atoms with Crippen LogP contribution in [0.1, 0.15) is 31.2 Å². The lowest BCUT2D eigenvalue weighted by molar-refractivity contribution is -0.928. The van der Waals surface area contributed by atoms with Crippen LogP contribution >= 0.6 is 11.3 Å². The second kappa shape index (κ2) is 10.9. The van der Waals surface area contributed by atoms with Crippen molar-refractivity contribution in [3.05, 3.63) is 40.8 Å². The zero-order valence-corrected chi connectivity index (χ0v) is 22.5. The Balaban J connectivity index is 1.39. The van der Waals surface area contributed by atoms with Crippen molar-refractivity contribution in [3.63, 3.8) is 0 Å². The van der Waals surface area contributed by atoms with Gasteiger partial charge in [-0.25, -0.2) is 14.6 Å². The highest BCUT2D eigenvalue weighted by Crippen LogP contribution is 2.39. The first-order chi connectivity index (χ1) is 17.2. The van der Waals surface area contributed by atoms with Crippen LogP contribution in [0.3, 0.4) is 0 Å². The number of thiophene rings is 1. The van der Waals surface area contributed by atoms with Crippen LogP contribution in [-0.4, -0.2) is 79.9 Å². The van der Waals surface area contributed by atoms with Crippen LogP contribution in [0.25, 0.3) is 0 Å². The van der Waals surface area contributed by atoms with Crippen molar-refractivity contribution in [3.8, 4) is 0 Å². The lowest BCUT2D eigenvalue weighted by Gasteiger charge is -2.42. The fraction of sp³-hybridized carbons (Fsp3) is 0.500. The van der Waals surface area contributed by atoms with E-state index in [9.17, 15) is 9.59 Å². The second-order valence-corrected chi connectivity index (χ2v) is 11.2. The topological polar surface area (TPSA) is 92.3 Å². The summed E-state index contributed by atoms with van der Waals surface area (Å²) in [5.74, 6) is 0.433. The molecular formula is C26H36N5O4S+. The van der Waals surface area contributed by atoms with Crippen LogP contribution in [0.4, 0.5) is 21.2 Å². The summed E-state index contributed by atoms with van der Waals surface area (Å²) in [5.41, 5.74) is 3.06. The number of carbonyl (C=O) groups is 2. The third-order valence-corrected chi connectivity index (χ3v) is 7.55. The molecular weight excluding hydrogens is 478 g/mol. The van der Waals surface area contributed by atoms with E-state index in [2.05, 4.69) is 41.6 Å². The molecule has 1 atom stereocenters. The number of rotatable bonds is 6. The minimum atomic E-state index is -0.729. The van der Waals surface area contributed by atoms with E-state index < -0.39 is 18.1 Å². The van der Waals surface area contributed by atoms with E-state index in [1.807, 2.05) is 32.0 Å². The first kappa shape index (κ1) is 26.0. The predicted octanol–water partition coefficient (Wildman–Crippen LogP) is 4.23. The van der Waals surface area contributed by atoms with Gasteiger partial charge in [0.15, 0.2) is 0 Å².